The number of hydrogen-bond acceptors (Lipinski definition) is 3. The second-order valence-electron chi connectivity index (χ2n) is 2.69. The Hall–Kier alpha value is -1.29. The summed E-state index contributed by atoms with van der Waals surface area (Å²) in [6, 6.07) is 1.68. The number of amides is 1. The number of aryl methyl sites for hydroxylation is 2. The fourth-order valence-corrected chi connectivity index (χ4v) is 1.05. The molecule has 4 nitrogen and oxygen atoms in total. The van der Waals surface area contributed by atoms with E-state index >= 15 is 0 Å². The molecule has 1 N–H and O–H groups in total. The Bertz CT molecular complexity index is 304. The van der Waals surface area contributed by atoms with Gasteiger partial charge in [-0.2, -0.15) is 0 Å². The lowest BCUT2D eigenvalue weighted by Crippen LogP contribution is -2.23. The van der Waals surface area contributed by atoms with Crippen LogP contribution in [0.15, 0.2) is 10.5 Å². The number of hydrogen-bond donors (Lipinski definition) is 1. The van der Waals surface area contributed by atoms with Crippen molar-refractivity contribution in [1.29, 1.82) is 0 Å². The molecule has 0 aliphatic heterocycles. The van der Waals surface area contributed by atoms with E-state index in [2.05, 4.69) is 5.48 Å². The first-order valence-electron chi connectivity index (χ1n) is 4.14. The van der Waals surface area contributed by atoms with Crippen LogP contribution in [0.5, 0.6) is 0 Å². The molecular weight excluding hydrogens is 170 g/mol. The van der Waals surface area contributed by atoms with Gasteiger partial charge in [-0.15, -0.1) is 0 Å². The molecule has 0 unspecified atom stereocenters. The largest absolute Gasteiger partial charge is 0.466 e. The first-order valence-corrected chi connectivity index (χ1v) is 4.14. The molecular formula is C9H13NO3. The Kier molecular flexibility index (Phi) is 3.08. The van der Waals surface area contributed by atoms with Crippen molar-refractivity contribution in [3.05, 3.63) is 23.2 Å². The van der Waals surface area contributed by atoms with Crippen LogP contribution in [0.25, 0.3) is 0 Å². The predicted octanol–water partition coefficient (Wildman–Crippen LogP) is 1.58. The van der Waals surface area contributed by atoms with Crippen molar-refractivity contribution in [1.82, 2.24) is 5.48 Å². The van der Waals surface area contributed by atoms with Crippen molar-refractivity contribution >= 4 is 5.91 Å². The molecule has 0 radical (unpaired) electrons. The molecule has 1 aromatic rings. The molecule has 0 saturated heterocycles. The second kappa shape index (κ2) is 4.09. The first-order chi connectivity index (χ1) is 6.15. The van der Waals surface area contributed by atoms with E-state index in [0.717, 1.165) is 5.76 Å². The average molecular weight is 183 g/mol. The van der Waals surface area contributed by atoms with Gasteiger partial charge in [-0.25, -0.2) is 5.48 Å². The van der Waals surface area contributed by atoms with Crippen molar-refractivity contribution < 1.29 is 14.0 Å². The summed E-state index contributed by atoms with van der Waals surface area (Å²) >= 11 is 0. The van der Waals surface area contributed by atoms with Crippen molar-refractivity contribution in [3.63, 3.8) is 0 Å². The summed E-state index contributed by atoms with van der Waals surface area (Å²) in [5.74, 6) is 1.06. The Labute approximate surface area is 76.8 Å². The van der Waals surface area contributed by atoms with Crippen LogP contribution in [-0.2, 0) is 4.84 Å². The maximum atomic E-state index is 11.3. The van der Waals surface area contributed by atoms with Gasteiger partial charge in [0.15, 0.2) is 0 Å². The zero-order valence-electron chi connectivity index (χ0n) is 8.01. The molecule has 1 heterocycles. The van der Waals surface area contributed by atoms with E-state index in [4.69, 9.17) is 9.25 Å². The summed E-state index contributed by atoms with van der Waals surface area (Å²) in [6.07, 6.45) is 0. The maximum absolute atomic E-state index is 11.3. The lowest BCUT2D eigenvalue weighted by molar-refractivity contribution is 0.0363. The highest BCUT2D eigenvalue weighted by Gasteiger charge is 2.12. The summed E-state index contributed by atoms with van der Waals surface area (Å²) in [6.45, 7) is 5.79. The standard InChI is InChI=1S/C9H13NO3/c1-4-12-10-9(11)8-5-6(2)13-7(8)3/h5H,4H2,1-3H3,(H,10,11). The number of rotatable bonds is 3. The van der Waals surface area contributed by atoms with Crippen molar-refractivity contribution in [2.75, 3.05) is 6.61 Å². The van der Waals surface area contributed by atoms with Crippen LogP contribution in [0.4, 0.5) is 0 Å². The fourth-order valence-electron chi connectivity index (χ4n) is 1.05. The van der Waals surface area contributed by atoms with E-state index in [1.165, 1.54) is 0 Å². The molecule has 0 atom stereocenters. The molecule has 0 aliphatic rings. The summed E-state index contributed by atoms with van der Waals surface area (Å²) in [7, 11) is 0. The highest BCUT2D eigenvalue weighted by Crippen LogP contribution is 2.12. The van der Waals surface area contributed by atoms with Crippen LogP contribution in [0.1, 0.15) is 28.8 Å². The van der Waals surface area contributed by atoms with E-state index in [9.17, 15) is 4.79 Å². The smallest absolute Gasteiger partial charge is 0.278 e. The highest BCUT2D eigenvalue weighted by molar-refractivity contribution is 5.94. The first kappa shape index (κ1) is 9.80. The molecule has 1 aromatic heterocycles. The monoisotopic (exact) mass is 183 g/mol. The summed E-state index contributed by atoms with van der Waals surface area (Å²) in [5, 5.41) is 0. The van der Waals surface area contributed by atoms with Gasteiger partial charge in [0.1, 0.15) is 11.5 Å². The predicted molar refractivity (Wildman–Crippen MR) is 47.3 cm³/mol. The molecule has 0 aromatic carbocycles. The van der Waals surface area contributed by atoms with Crippen molar-refractivity contribution in [2.45, 2.75) is 20.8 Å². The van der Waals surface area contributed by atoms with Gasteiger partial charge in [-0.3, -0.25) is 9.63 Å². The van der Waals surface area contributed by atoms with E-state index in [0.29, 0.717) is 17.9 Å². The molecule has 0 fully saturated rings. The Balaban J connectivity index is 2.70. The molecule has 4 heteroatoms. The second-order valence-corrected chi connectivity index (χ2v) is 2.69. The van der Waals surface area contributed by atoms with Gasteiger partial charge in [0.25, 0.3) is 5.91 Å². The maximum Gasteiger partial charge on any atom is 0.278 e. The van der Waals surface area contributed by atoms with E-state index in [-0.39, 0.29) is 5.91 Å². The fraction of sp³-hybridized carbons (Fsp3) is 0.444. The van der Waals surface area contributed by atoms with E-state index in [1.807, 2.05) is 0 Å². The number of hydroxylamine groups is 1. The number of furan rings is 1. The lowest BCUT2D eigenvalue weighted by Gasteiger charge is -2.01. The molecule has 1 amide bonds. The van der Waals surface area contributed by atoms with Gasteiger partial charge in [-0.1, -0.05) is 0 Å². The Morgan fingerprint density at radius 1 is 1.62 bits per heavy atom. The third-order valence-electron chi connectivity index (χ3n) is 1.59. The van der Waals surface area contributed by atoms with Crippen LogP contribution < -0.4 is 5.48 Å². The third kappa shape index (κ3) is 2.32. The number of carbonyl (C=O) groups excluding carboxylic acids is 1. The molecule has 1 rings (SSSR count). The third-order valence-corrected chi connectivity index (χ3v) is 1.59. The number of carbonyl (C=O) groups is 1. The van der Waals surface area contributed by atoms with Crippen LogP contribution in [0, 0.1) is 13.8 Å². The van der Waals surface area contributed by atoms with E-state index < -0.39 is 0 Å². The normalized spacial score (nSPS) is 10.1. The quantitative estimate of drug-likeness (QED) is 0.724. The summed E-state index contributed by atoms with van der Waals surface area (Å²) in [4.78, 5) is 16.1. The van der Waals surface area contributed by atoms with Crippen LogP contribution >= 0.6 is 0 Å². The minimum Gasteiger partial charge on any atom is -0.466 e. The zero-order valence-corrected chi connectivity index (χ0v) is 8.01. The van der Waals surface area contributed by atoms with E-state index in [1.54, 1.807) is 26.8 Å². The topological polar surface area (TPSA) is 51.5 Å². The Morgan fingerprint density at radius 2 is 2.31 bits per heavy atom. The molecule has 72 valence electrons. The molecule has 0 bridgehead atoms. The number of nitrogens with one attached hydrogen (secondary N) is 1. The molecule has 0 aliphatic carbocycles. The summed E-state index contributed by atoms with van der Waals surface area (Å²) < 4.78 is 5.20. The molecule has 0 saturated carbocycles. The SMILES string of the molecule is CCONC(=O)c1cc(C)oc1C. The van der Waals surface area contributed by atoms with Gasteiger partial charge in [0.05, 0.1) is 12.2 Å². The van der Waals surface area contributed by atoms with Crippen LogP contribution in [-0.4, -0.2) is 12.5 Å². The van der Waals surface area contributed by atoms with Gasteiger partial charge in [-0.05, 0) is 26.8 Å². The van der Waals surface area contributed by atoms with Crippen LogP contribution in [0.3, 0.4) is 0 Å². The molecule has 13 heavy (non-hydrogen) atoms. The van der Waals surface area contributed by atoms with Gasteiger partial charge >= 0.3 is 0 Å². The van der Waals surface area contributed by atoms with Gasteiger partial charge in [0.2, 0.25) is 0 Å². The lowest BCUT2D eigenvalue weighted by atomic mass is 10.2. The minimum absolute atomic E-state index is 0.267. The molecule has 0 spiro atoms. The van der Waals surface area contributed by atoms with Gasteiger partial charge < -0.3 is 4.42 Å². The minimum atomic E-state index is -0.267. The Morgan fingerprint density at radius 3 is 2.77 bits per heavy atom. The van der Waals surface area contributed by atoms with Crippen LogP contribution in [0.2, 0.25) is 0 Å². The highest BCUT2D eigenvalue weighted by atomic mass is 16.6. The van der Waals surface area contributed by atoms with Crippen molar-refractivity contribution in [3.8, 4) is 0 Å². The van der Waals surface area contributed by atoms with Crippen molar-refractivity contribution in [2.24, 2.45) is 0 Å². The zero-order chi connectivity index (χ0) is 9.84. The average Bonchev–Trinajstić information content (AvgIpc) is 2.41. The summed E-state index contributed by atoms with van der Waals surface area (Å²) in [5.41, 5.74) is 2.82. The van der Waals surface area contributed by atoms with Gasteiger partial charge in [0, 0.05) is 0 Å².